The molecule has 0 saturated heterocycles. The van der Waals surface area contributed by atoms with Crippen molar-refractivity contribution in [1.29, 1.82) is 0 Å². The van der Waals surface area contributed by atoms with E-state index in [2.05, 4.69) is 5.32 Å². The van der Waals surface area contributed by atoms with Gasteiger partial charge in [-0.2, -0.15) is 0 Å². The molecule has 0 aliphatic rings. The molecule has 1 atom stereocenters. The molecule has 3 aromatic rings. The summed E-state index contributed by atoms with van der Waals surface area (Å²) in [5.41, 5.74) is 3.58. The van der Waals surface area contributed by atoms with Crippen molar-refractivity contribution in [3.63, 3.8) is 0 Å². The minimum atomic E-state index is -1.04. The largest absolute Gasteiger partial charge is 0.489 e. The zero-order chi connectivity index (χ0) is 22.8. The molecule has 5 nitrogen and oxygen atoms in total. The monoisotopic (exact) mass is 429 g/mol. The van der Waals surface area contributed by atoms with E-state index in [-0.39, 0.29) is 5.91 Å². The van der Waals surface area contributed by atoms with Crippen molar-refractivity contribution in [2.24, 2.45) is 0 Å². The summed E-state index contributed by atoms with van der Waals surface area (Å²) < 4.78 is 5.91. The van der Waals surface area contributed by atoms with Gasteiger partial charge in [0.25, 0.3) is 0 Å². The molecule has 2 N–H and O–H groups in total. The molecule has 0 radical (unpaired) electrons. The lowest BCUT2D eigenvalue weighted by molar-refractivity contribution is -0.131. The van der Waals surface area contributed by atoms with E-state index in [4.69, 9.17) is 9.84 Å². The van der Waals surface area contributed by atoms with Crippen LogP contribution < -0.4 is 10.1 Å². The first-order valence-electron chi connectivity index (χ1n) is 10.6. The lowest BCUT2D eigenvalue weighted by Crippen LogP contribution is -2.30. The number of hydrogen-bond acceptors (Lipinski definition) is 3. The Morgan fingerprint density at radius 3 is 2.28 bits per heavy atom. The van der Waals surface area contributed by atoms with Gasteiger partial charge in [-0.3, -0.25) is 4.79 Å². The molecule has 1 amide bonds. The molecule has 164 valence electrons. The molecule has 0 heterocycles. The average molecular weight is 430 g/mol. The van der Waals surface area contributed by atoms with Gasteiger partial charge in [0.05, 0.1) is 5.92 Å². The fourth-order valence-electron chi connectivity index (χ4n) is 3.34. The van der Waals surface area contributed by atoms with Crippen LogP contribution in [0.3, 0.4) is 0 Å². The Kier molecular flexibility index (Phi) is 8.21. The number of nitrogens with one attached hydrogen (secondary N) is 1. The normalized spacial score (nSPS) is 11.8. The van der Waals surface area contributed by atoms with Crippen molar-refractivity contribution in [1.82, 2.24) is 5.32 Å². The Hall–Kier alpha value is -3.86. The number of amides is 1. The van der Waals surface area contributed by atoms with Crippen molar-refractivity contribution < 1.29 is 19.4 Å². The second-order valence-electron chi connectivity index (χ2n) is 7.48. The Bertz CT molecular complexity index is 1060. The van der Waals surface area contributed by atoms with Crippen molar-refractivity contribution in [3.05, 3.63) is 107 Å². The Morgan fingerprint density at radius 1 is 0.969 bits per heavy atom. The van der Waals surface area contributed by atoms with Gasteiger partial charge in [0, 0.05) is 12.6 Å². The molecule has 0 bridgehead atoms. The number of carboxylic acids is 1. The summed E-state index contributed by atoms with van der Waals surface area (Å²) in [5, 5.41) is 12.0. The summed E-state index contributed by atoms with van der Waals surface area (Å²) >= 11 is 0. The first kappa shape index (κ1) is 22.8. The van der Waals surface area contributed by atoms with E-state index >= 15 is 0 Å². The predicted octanol–water partition coefficient (Wildman–Crippen LogP) is 4.83. The number of ether oxygens (including phenoxy) is 1. The first-order chi connectivity index (χ1) is 15.5. The number of carboxylic acid groups (broad SMARTS) is 1. The number of aliphatic carboxylic acids is 1. The van der Waals surface area contributed by atoms with Gasteiger partial charge in [-0.05, 0) is 53.8 Å². The molecule has 0 aromatic heterocycles. The van der Waals surface area contributed by atoms with Gasteiger partial charge >= 0.3 is 5.97 Å². The van der Waals surface area contributed by atoms with E-state index < -0.39 is 11.9 Å². The third kappa shape index (κ3) is 6.84. The number of carbonyl (C=O) groups is 2. The fourth-order valence-corrected chi connectivity index (χ4v) is 3.34. The van der Waals surface area contributed by atoms with Crippen LogP contribution in [0.15, 0.2) is 84.9 Å². The van der Waals surface area contributed by atoms with Gasteiger partial charge in [-0.1, -0.05) is 66.7 Å². The molecule has 0 spiro atoms. The van der Waals surface area contributed by atoms with Crippen LogP contribution in [0.4, 0.5) is 0 Å². The van der Waals surface area contributed by atoms with Gasteiger partial charge < -0.3 is 15.2 Å². The fraction of sp³-hybridized carbons (Fsp3) is 0.185. The van der Waals surface area contributed by atoms with Gasteiger partial charge in [-0.25, -0.2) is 4.79 Å². The summed E-state index contributed by atoms with van der Waals surface area (Å²) in [4.78, 5) is 23.8. The number of carbonyl (C=O) groups excluding carboxylic acids is 1. The van der Waals surface area contributed by atoms with Crippen LogP contribution in [0.2, 0.25) is 0 Å². The van der Waals surface area contributed by atoms with E-state index in [0.29, 0.717) is 30.0 Å². The van der Waals surface area contributed by atoms with Crippen molar-refractivity contribution in [3.8, 4) is 5.75 Å². The maximum atomic E-state index is 12.8. The Balaban J connectivity index is 1.72. The summed E-state index contributed by atoms with van der Waals surface area (Å²) in [6.07, 6.45) is 3.32. The van der Waals surface area contributed by atoms with Crippen LogP contribution in [0, 0.1) is 0 Å². The minimum absolute atomic E-state index is 0.119. The molecule has 0 aliphatic heterocycles. The molecule has 0 fully saturated rings. The molecule has 3 rings (SSSR count). The number of rotatable bonds is 10. The predicted molar refractivity (Wildman–Crippen MR) is 125 cm³/mol. The van der Waals surface area contributed by atoms with Crippen LogP contribution >= 0.6 is 0 Å². The second-order valence-corrected chi connectivity index (χ2v) is 7.48. The smallest absolute Gasteiger partial charge is 0.328 e. The number of benzene rings is 3. The summed E-state index contributed by atoms with van der Waals surface area (Å²) in [6.45, 7) is 2.74. The second kappa shape index (κ2) is 11.5. The zero-order valence-corrected chi connectivity index (χ0v) is 18.0. The van der Waals surface area contributed by atoms with Gasteiger partial charge in [0.15, 0.2) is 0 Å². The van der Waals surface area contributed by atoms with Crippen molar-refractivity contribution in [2.75, 3.05) is 6.54 Å². The zero-order valence-electron chi connectivity index (χ0n) is 18.0. The lowest BCUT2D eigenvalue weighted by Gasteiger charge is -2.17. The third-order valence-corrected chi connectivity index (χ3v) is 5.13. The molecular weight excluding hydrogens is 402 g/mol. The summed E-state index contributed by atoms with van der Waals surface area (Å²) in [6, 6.07) is 25.1. The molecule has 5 heteroatoms. The van der Waals surface area contributed by atoms with Crippen LogP contribution in [-0.4, -0.2) is 23.5 Å². The van der Waals surface area contributed by atoms with E-state index in [1.165, 1.54) is 6.08 Å². The van der Waals surface area contributed by atoms with Crippen LogP contribution in [0.5, 0.6) is 5.75 Å². The Morgan fingerprint density at radius 2 is 1.62 bits per heavy atom. The Labute approximate surface area is 188 Å². The van der Waals surface area contributed by atoms with Crippen molar-refractivity contribution >= 4 is 18.0 Å². The standard InChI is InChI=1S/C27H27NO4/c1-20(27(31)28-17-16-21-8-4-2-5-9-21)25-18-24(14-12-23(25)13-15-26(29)30)32-19-22-10-6-3-7-11-22/h2-15,18,20H,16-17,19H2,1H3,(H,28,31)(H,29,30). The van der Waals surface area contributed by atoms with Crippen molar-refractivity contribution in [2.45, 2.75) is 25.9 Å². The number of hydrogen-bond donors (Lipinski definition) is 2. The summed E-state index contributed by atoms with van der Waals surface area (Å²) in [7, 11) is 0. The SMILES string of the molecule is CC(C(=O)NCCc1ccccc1)c1cc(OCc2ccccc2)ccc1C=CC(=O)O. The molecule has 1 unspecified atom stereocenters. The molecule has 3 aromatic carbocycles. The van der Waals surface area contributed by atoms with E-state index in [0.717, 1.165) is 23.6 Å². The third-order valence-electron chi connectivity index (χ3n) is 5.13. The lowest BCUT2D eigenvalue weighted by atomic mass is 9.94. The van der Waals surface area contributed by atoms with Crippen LogP contribution in [-0.2, 0) is 22.6 Å². The first-order valence-corrected chi connectivity index (χ1v) is 10.6. The van der Waals surface area contributed by atoms with E-state index in [1.807, 2.05) is 73.7 Å². The molecule has 32 heavy (non-hydrogen) atoms. The van der Waals surface area contributed by atoms with Gasteiger partial charge in [0.1, 0.15) is 12.4 Å². The quantitative estimate of drug-likeness (QED) is 0.453. The highest BCUT2D eigenvalue weighted by Crippen LogP contribution is 2.27. The minimum Gasteiger partial charge on any atom is -0.489 e. The van der Waals surface area contributed by atoms with Crippen LogP contribution in [0.1, 0.15) is 35.1 Å². The van der Waals surface area contributed by atoms with Gasteiger partial charge in [-0.15, -0.1) is 0 Å². The molecule has 0 aliphatic carbocycles. The topological polar surface area (TPSA) is 75.6 Å². The molecule has 0 saturated carbocycles. The maximum absolute atomic E-state index is 12.8. The highest BCUT2D eigenvalue weighted by molar-refractivity contribution is 5.88. The van der Waals surface area contributed by atoms with E-state index in [9.17, 15) is 9.59 Å². The van der Waals surface area contributed by atoms with Gasteiger partial charge in [0.2, 0.25) is 5.91 Å². The maximum Gasteiger partial charge on any atom is 0.328 e. The summed E-state index contributed by atoms with van der Waals surface area (Å²) in [5.74, 6) is -1.01. The highest BCUT2D eigenvalue weighted by Gasteiger charge is 2.18. The average Bonchev–Trinajstić information content (AvgIpc) is 2.82. The van der Waals surface area contributed by atoms with Crippen LogP contribution in [0.25, 0.3) is 6.08 Å². The van der Waals surface area contributed by atoms with E-state index in [1.54, 1.807) is 12.1 Å². The molecular formula is C27H27NO4. The highest BCUT2D eigenvalue weighted by atomic mass is 16.5.